The van der Waals surface area contributed by atoms with Crippen LogP contribution >= 0.6 is 15.6 Å². The minimum Gasteiger partial charge on any atom is -0.462 e. The Morgan fingerprint density at radius 1 is 0.268 bits per heavy atom. The number of esters is 4. The van der Waals surface area contributed by atoms with Crippen LogP contribution in [0.1, 0.15) is 285 Å². The van der Waals surface area contributed by atoms with Gasteiger partial charge in [0.1, 0.15) is 19.3 Å². The number of aliphatic hydroxyl groups is 1. The number of aliphatic hydroxyl groups excluding tert-OH is 1. The number of carbonyl (C=O) groups is 4. The lowest BCUT2D eigenvalue weighted by Crippen LogP contribution is -2.30. The van der Waals surface area contributed by atoms with Gasteiger partial charge in [0.25, 0.3) is 0 Å². The Kier molecular flexibility index (Phi) is 77.5. The second-order valence-corrected chi connectivity index (χ2v) is 29.8. The average molecular weight is 1600 g/mol. The highest BCUT2D eigenvalue weighted by molar-refractivity contribution is 7.47. The van der Waals surface area contributed by atoms with E-state index in [-0.39, 0.29) is 25.7 Å². The second-order valence-electron chi connectivity index (χ2n) is 26.9. The Hall–Kier alpha value is -6.62. The molecule has 630 valence electrons. The van der Waals surface area contributed by atoms with Gasteiger partial charge in [0.15, 0.2) is 12.2 Å². The molecule has 0 bridgehead atoms. The molecule has 0 fully saturated rings. The first kappa shape index (κ1) is 105. The number of phosphoric ester groups is 2. The molecule has 5 unspecified atom stereocenters. The highest BCUT2D eigenvalue weighted by Gasteiger charge is 2.30. The van der Waals surface area contributed by atoms with Crippen molar-refractivity contribution < 1.29 is 80.2 Å². The van der Waals surface area contributed by atoms with Crippen LogP contribution in [0.25, 0.3) is 0 Å². The van der Waals surface area contributed by atoms with Crippen molar-refractivity contribution in [1.82, 2.24) is 0 Å². The van der Waals surface area contributed by atoms with Crippen molar-refractivity contribution in [2.45, 2.75) is 303 Å². The predicted molar refractivity (Wildman–Crippen MR) is 463 cm³/mol. The maximum Gasteiger partial charge on any atom is 0.472 e. The van der Waals surface area contributed by atoms with E-state index >= 15 is 0 Å². The summed E-state index contributed by atoms with van der Waals surface area (Å²) in [6.07, 6.45) is 105. The van der Waals surface area contributed by atoms with Crippen molar-refractivity contribution in [3.8, 4) is 0 Å². The van der Waals surface area contributed by atoms with E-state index in [1.807, 2.05) is 30.4 Å². The Balaban J connectivity index is 5.55. The van der Waals surface area contributed by atoms with Crippen molar-refractivity contribution in [1.29, 1.82) is 0 Å². The van der Waals surface area contributed by atoms with Gasteiger partial charge in [-0.05, 0) is 167 Å². The van der Waals surface area contributed by atoms with Crippen LogP contribution < -0.4 is 0 Å². The number of phosphoric acid groups is 2. The van der Waals surface area contributed by atoms with Gasteiger partial charge in [0, 0.05) is 19.3 Å². The third-order valence-electron chi connectivity index (χ3n) is 16.5. The first-order valence-electron chi connectivity index (χ1n) is 42.0. The van der Waals surface area contributed by atoms with Crippen LogP contribution in [0.15, 0.2) is 219 Å². The number of allylic oxidation sites excluding steroid dienone is 35. The first-order valence-corrected chi connectivity index (χ1v) is 45.0. The summed E-state index contributed by atoms with van der Waals surface area (Å²) in [4.78, 5) is 73.1. The molecule has 0 aliphatic carbocycles. The van der Waals surface area contributed by atoms with E-state index in [1.165, 1.54) is 19.3 Å². The molecule has 0 aromatic heterocycles. The van der Waals surface area contributed by atoms with Gasteiger partial charge in [-0.15, -0.1) is 0 Å². The molecule has 0 spiro atoms. The van der Waals surface area contributed by atoms with Crippen LogP contribution in [-0.4, -0.2) is 96.7 Å². The summed E-state index contributed by atoms with van der Waals surface area (Å²) in [5.41, 5.74) is 0. The highest BCUT2D eigenvalue weighted by atomic mass is 31.2. The number of rotatable bonds is 76. The van der Waals surface area contributed by atoms with Gasteiger partial charge in [-0.1, -0.05) is 311 Å². The lowest BCUT2D eigenvalue weighted by atomic mass is 10.1. The van der Waals surface area contributed by atoms with E-state index in [2.05, 4.69) is 204 Å². The quantitative estimate of drug-likeness (QED) is 0.0169. The van der Waals surface area contributed by atoms with Crippen LogP contribution in [-0.2, 0) is 65.4 Å². The zero-order valence-electron chi connectivity index (χ0n) is 69.0. The van der Waals surface area contributed by atoms with Gasteiger partial charge in [-0.25, -0.2) is 9.13 Å². The topological polar surface area (TPSA) is 237 Å². The standard InChI is InChI=1S/C93H146O17P2/c1-5-9-13-17-21-25-29-33-37-40-43-46-50-53-57-61-65-69-73-77-90(95)103-83-88(109-92(97)79-75-71-67-63-59-55-49-36-32-28-24-20-16-12-8-4)85-107-111(99,100)105-81-87(94)82-106-112(101,102)108-86-89(110-93(98)80-76-72-68-64-60-56-52-48-45-42-39-35-31-27-23-19-15-11-7-3)84-104-91(96)78-74-70-66-62-58-54-51-47-44-41-38-34-30-26-22-18-14-10-6-2/h10-12,14-16,21-28,33-39,43-49,54,58-59,63,66,70-71,75,87-89,94H,5-9,13,17-20,29-32,40-42,50-53,55-57,60-62,64-65,67-69,72-74,76-86H2,1-4H3,(H,99,100)(H,101,102)/b14-10-,15-11-,16-12-,25-21-,26-22-,27-23-,28-24-,37-33-,38-34-,39-35-,46-43-,47-44-,48-45-,49-36-,58-54-,63-59-,70-66-,75-71-. The molecule has 0 aromatic carbocycles. The van der Waals surface area contributed by atoms with Crippen molar-refractivity contribution in [2.24, 2.45) is 0 Å². The van der Waals surface area contributed by atoms with Gasteiger partial charge in [-0.3, -0.25) is 37.3 Å². The maximum atomic E-state index is 13.1. The van der Waals surface area contributed by atoms with Crippen LogP contribution in [0, 0.1) is 0 Å². The van der Waals surface area contributed by atoms with E-state index < -0.39 is 97.5 Å². The predicted octanol–water partition coefficient (Wildman–Crippen LogP) is 25.2. The van der Waals surface area contributed by atoms with Crippen LogP contribution in [0.4, 0.5) is 0 Å². The molecule has 19 heteroatoms. The Morgan fingerprint density at radius 2 is 0.518 bits per heavy atom. The van der Waals surface area contributed by atoms with E-state index in [0.29, 0.717) is 32.1 Å². The summed E-state index contributed by atoms with van der Waals surface area (Å²) >= 11 is 0. The summed E-state index contributed by atoms with van der Waals surface area (Å²) < 4.78 is 68.5. The van der Waals surface area contributed by atoms with Crippen molar-refractivity contribution in [3.05, 3.63) is 219 Å². The van der Waals surface area contributed by atoms with Gasteiger partial charge in [-0.2, -0.15) is 0 Å². The van der Waals surface area contributed by atoms with E-state index in [0.717, 1.165) is 180 Å². The summed E-state index contributed by atoms with van der Waals surface area (Å²) in [5, 5.41) is 10.7. The second kappa shape index (κ2) is 82.4. The largest absolute Gasteiger partial charge is 0.472 e. The molecule has 0 radical (unpaired) electrons. The summed E-state index contributed by atoms with van der Waals surface area (Å²) in [7, 11) is -10.1. The van der Waals surface area contributed by atoms with E-state index in [1.54, 1.807) is 12.2 Å². The van der Waals surface area contributed by atoms with Crippen LogP contribution in [0.2, 0.25) is 0 Å². The van der Waals surface area contributed by atoms with Crippen molar-refractivity contribution >= 4 is 39.5 Å². The zero-order valence-corrected chi connectivity index (χ0v) is 70.8. The lowest BCUT2D eigenvalue weighted by molar-refractivity contribution is -0.161. The SMILES string of the molecule is CC/C=C\C/C=C\C/C=C\C/C=C\C/C=C\C/C=C\CCC(=O)OCC(COP(=O)(O)OCC(O)COP(=O)(O)OCC(COC(=O)CCCCCCCC/C=C\C/C=C\C/C=C\CCCCC)OC(=O)C/C=C\C/C=C\C/C=C\C/C=C\C/C=C\CC)OC(=O)CCCCCCCC/C=C\C/C=C\C/C=C\C/C=C\CC. The molecule has 112 heavy (non-hydrogen) atoms. The number of unbranched alkanes of at least 4 members (excludes halogenated alkanes) is 15. The molecule has 0 saturated carbocycles. The Labute approximate surface area is 677 Å². The fourth-order valence-corrected chi connectivity index (χ4v) is 11.8. The fourth-order valence-electron chi connectivity index (χ4n) is 10.2. The summed E-state index contributed by atoms with van der Waals surface area (Å²) in [6.45, 7) is 4.25. The van der Waals surface area contributed by atoms with Gasteiger partial charge < -0.3 is 33.8 Å². The molecule has 0 aliphatic heterocycles. The summed E-state index contributed by atoms with van der Waals surface area (Å²) in [6, 6.07) is 0. The molecule has 0 saturated heterocycles. The molecule has 0 amide bonds. The van der Waals surface area contributed by atoms with Gasteiger partial charge in [0.05, 0.1) is 32.8 Å². The molecule has 0 rings (SSSR count). The Morgan fingerprint density at radius 3 is 0.848 bits per heavy atom. The number of carbonyl (C=O) groups excluding carboxylic acids is 4. The first-order chi connectivity index (χ1) is 54.7. The van der Waals surface area contributed by atoms with E-state index in [9.17, 15) is 43.2 Å². The fraction of sp³-hybridized carbons (Fsp3) is 0.570. The maximum absolute atomic E-state index is 13.1. The van der Waals surface area contributed by atoms with E-state index in [4.69, 9.17) is 37.0 Å². The zero-order chi connectivity index (χ0) is 81.7. The molecule has 0 aliphatic rings. The molecule has 3 N–H and O–H groups in total. The van der Waals surface area contributed by atoms with Crippen molar-refractivity contribution in [3.63, 3.8) is 0 Å². The third-order valence-corrected chi connectivity index (χ3v) is 18.4. The smallest absolute Gasteiger partial charge is 0.462 e. The monoisotopic (exact) mass is 1600 g/mol. The summed E-state index contributed by atoms with van der Waals surface area (Å²) in [5.74, 6) is -2.47. The Bertz CT molecular complexity index is 2990. The lowest BCUT2D eigenvalue weighted by Gasteiger charge is -2.21. The minimum atomic E-state index is -5.03. The highest BCUT2D eigenvalue weighted by Crippen LogP contribution is 2.45. The number of hydrogen-bond donors (Lipinski definition) is 3. The van der Waals surface area contributed by atoms with Gasteiger partial charge in [0.2, 0.25) is 0 Å². The molecular formula is C93H146O17P2. The molecule has 17 nitrogen and oxygen atoms in total. The molecule has 5 atom stereocenters. The molecule has 0 heterocycles. The molecule has 0 aromatic rings. The number of hydrogen-bond acceptors (Lipinski definition) is 15. The third kappa shape index (κ3) is 81.4. The molecular weight excluding hydrogens is 1450 g/mol. The van der Waals surface area contributed by atoms with Crippen LogP contribution in [0.3, 0.4) is 0 Å². The van der Waals surface area contributed by atoms with Gasteiger partial charge >= 0.3 is 39.5 Å². The van der Waals surface area contributed by atoms with Crippen LogP contribution in [0.5, 0.6) is 0 Å². The van der Waals surface area contributed by atoms with Crippen molar-refractivity contribution in [2.75, 3.05) is 39.6 Å². The minimum absolute atomic E-state index is 0.0210. The average Bonchev–Trinajstić information content (AvgIpc) is 0.898. The number of ether oxygens (including phenoxy) is 4. The normalized spacial score (nSPS) is 14.9.